The Morgan fingerprint density at radius 3 is 2.54 bits per heavy atom. The van der Waals surface area contributed by atoms with E-state index in [1.165, 1.54) is 18.6 Å². The zero-order valence-electron chi connectivity index (χ0n) is 15.3. The van der Waals surface area contributed by atoms with Gasteiger partial charge in [-0.05, 0) is 42.5 Å². The van der Waals surface area contributed by atoms with E-state index in [0.717, 1.165) is 24.0 Å². The first-order valence-electron chi connectivity index (χ1n) is 9.54. The Labute approximate surface area is 162 Å². The molecule has 0 bridgehead atoms. The van der Waals surface area contributed by atoms with Crippen molar-refractivity contribution in [3.63, 3.8) is 0 Å². The minimum Gasteiger partial charge on any atom is -0.481 e. The van der Waals surface area contributed by atoms with E-state index in [-0.39, 0.29) is 30.5 Å². The zero-order chi connectivity index (χ0) is 19.7. The molecule has 1 unspecified atom stereocenters. The Balaban J connectivity index is 1.44. The average Bonchev–Trinajstić information content (AvgIpc) is 3.38. The second-order valence-corrected chi connectivity index (χ2v) is 7.47. The maximum absolute atomic E-state index is 13.2. The van der Waals surface area contributed by atoms with Gasteiger partial charge in [0.25, 0.3) is 0 Å². The number of carboxylic acid groups (broad SMARTS) is 1. The SMILES string of the molecule is O=C(O)[C@H]1C(N[C@@H](CO)c2ccc(OC3CCC3)nc2)[C@@H]1c1ccc(F)cc1. The molecule has 4 rings (SSSR count). The number of aliphatic carboxylic acids is 1. The summed E-state index contributed by atoms with van der Waals surface area (Å²) in [6, 6.07) is 8.71. The molecule has 0 spiro atoms. The normalized spacial score (nSPS) is 25.0. The summed E-state index contributed by atoms with van der Waals surface area (Å²) in [5.74, 6) is -1.59. The van der Waals surface area contributed by atoms with Crippen molar-refractivity contribution >= 4 is 5.97 Å². The average molecular weight is 386 g/mol. The van der Waals surface area contributed by atoms with Crippen molar-refractivity contribution in [3.05, 3.63) is 59.5 Å². The molecular formula is C21H23FN2O4. The number of rotatable bonds is 8. The van der Waals surface area contributed by atoms with Crippen LogP contribution in [0.3, 0.4) is 0 Å². The van der Waals surface area contributed by atoms with Crippen molar-refractivity contribution in [2.45, 2.75) is 43.4 Å². The predicted molar refractivity (Wildman–Crippen MR) is 99.5 cm³/mol. The summed E-state index contributed by atoms with van der Waals surface area (Å²) in [5.41, 5.74) is 1.53. The third kappa shape index (κ3) is 3.86. The standard InChI is InChI=1S/C21H23FN2O4/c22-14-7-4-12(5-8-14)18-19(21(26)27)20(18)24-16(11-25)13-6-9-17(23-10-13)28-15-2-1-3-15/h4-10,15-16,18-20,24-25H,1-3,11H2,(H,26,27)/t16-,18+,19+,20?/m0/s1. The molecule has 0 aliphatic heterocycles. The molecule has 7 heteroatoms. The van der Waals surface area contributed by atoms with Gasteiger partial charge in [0.15, 0.2) is 0 Å². The Hall–Kier alpha value is -2.51. The van der Waals surface area contributed by atoms with Gasteiger partial charge in [0.1, 0.15) is 11.9 Å². The first-order chi connectivity index (χ1) is 13.6. The van der Waals surface area contributed by atoms with E-state index >= 15 is 0 Å². The molecule has 2 fully saturated rings. The summed E-state index contributed by atoms with van der Waals surface area (Å²) in [4.78, 5) is 15.9. The van der Waals surface area contributed by atoms with E-state index in [0.29, 0.717) is 5.88 Å². The van der Waals surface area contributed by atoms with Gasteiger partial charge in [-0.25, -0.2) is 9.37 Å². The fourth-order valence-electron chi connectivity index (χ4n) is 3.74. The molecule has 2 saturated carbocycles. The summed E-state index contributed by atoms with van der Waals surface area (Å²) in [6.45, 7) is -0.191. The summed E-state index contributed by atoms with van der Waals surface area (Å²) in [7, 11) is 0. The molecule has 0 amide bonds. The number of carboxylic acids is 1. The number of aliphatic hydroxyl groups excluding tert-OH is 1. The molecule has 6 nitrogen and oxygen atoms in total. The smallest absolute Gasteiger partial charge is 0.308 e. The van der Waals surface area contributed by atoms with Gasteiger partial charge in [0.05, 0.1) is 18.6 Å². The number of benzene rings is 1. The van der Waals surface area contributed by atoms with Crippen LogP contribution in [-0.2, 0) is 4.79 Å². The Morgan fingerprint density at radius 1 is 1.25 bits per heavy atom. The molecule has 2 aliphatic carbocycles. The summed E-state index contributed by atoms with van der Waals surface area (Å²) < 4.78 is 18.9. The molecule has 3 N–H and O–H groups in total. The Morgan fingerprint density at radius 2 is 2.00 bits per heavy atom. The molecule has 28 heavy (non-hydrogen) atoms. The molecule has 2 aliphatic rings. The minimum absolute atomic E-state index is 0.191. The summed E-state index contributed by atoms with van der Waals surface area (Å²) >= 11 is 0. The number of hydrogen-bond acceptors (Lipinski definition) is 5. The lowest BCUT2D eigenvalue weighted by Gasteiger charge is -2.25. The summed E-state index contributed by atoms with van der Waals surface area (Å²) in [5, 5.41) is 22.6. The third-order valence-corrected chi connectivity index (χ3v) is 5.64. The fraction of sp³-hybridized carbons (Fsp3) is 0.429. The predicted octanol–water partition coefficient (Wildman–Crippen LogP) is 2.64. The van der Waals surface area contributed by atoms with Gasteiger partial charge in [0, 0.05) is 24.2 Å². The van der Waals surface area contributed by atoms with Gasteiger partial charge in [-0.3, -0.25) is 4.79 Å². The first kappa shape index (κ1) is 18.8. The molecule has 1 aromatic carbocycles. The van der Waals surface area contributed by atoms with Crippen LogP contribution in [0.5, 0.6) is 5.88 Å². The monoisotopic (exact) mass is 386 g/mol. The van der Waals surface area contributed by atoms with Crippen LogP contribution < -0.4 is 10.1 Å². The molecular weight excluding hydrogens is 363 g/mol. The van der Waals surface area contributed by atoms with Crippen LogP contribution in [0, 0.1) is 11.7 Å². The van der Waals surface area contributed by atoms with Crippen LogP contribution in [0.25, 0.3) is 0 Å². The second kappa shape index (κ2) is 7.85. The van der Waals surface area contributed by atoms with E-state index in [1.54, 1.807) is 24.4 Å². The number of nitrogens with one attached hydrogen (secondary N) is 1. The van der Waals surface area contributed by atoms with Crippen molar-refractivity contribution in [1.82, 2.24) is 10.3 Å². The van der Waals surface area contributed by atoms with E-state index in [1.807, 2.05) is 6.07 Å². The highest BCUT2D eigenvalue weighted by Gasteiger charge is 2.56. The van der Waals surface area contributed by atoms with Crippen molar-refractivity contribution in [1.29, 1.82) is 0 Å². The lowest BCUT2D eigenvalue weighted by molar-refractivity contribution is -0.138. The Kier molecular flexibility index (Phi) is 5.28. The molecule has 4 atom stereocenters. The number of halogens is 1. The lowest BCUT2D eigenvalue weighted by atomic mass is 9.96. The number of nitrogens with zero attached hydrogens (tertiary/aromatic N) is 1. The topological polar surface area (TPSA) is 91.7 Å². The highest BCUT2D eigenvalue weighted by Crippen LogP contribution is 2.49. The zero-order valence-corrected chi connectivity index (χ0v) is 15.3. The van der Waals surface area contributed by atoms with Crippen LogP contribution >= 0.6 is 0 Å². The van der Waals surface area contributed by atoms with Gasteiger partial charge >= 0.3 is 5.97 Å². The lowest BCUT2D eigenvalue weighted by Crippen LogP contribution is -2.29. The quantitative estimate of drug-likeness (QED) is 0.646. The number of pyridine rings is 1. The maximum atomic E-state index is 13.2. The van der Waals surface area contributed by atoms with Gasteiger partial charge in [-0.15, -0.1) is 0 Å². The van der Waals surface area contributed by atoms with Gasteiger partial charge in [-0.1, -0.05) is 18.2 Å². The molecule has 2 aromatic rings. The molecule has 0 radical (unpaired) electrons. The second-order valence-electron chi connectivity index (χ2n) is 7.47. The van der Waals surface area contributed by atoms with Crippen molar-refractivity contribution < 1.29 is 24.1 Å². The van der Waals surface area contributed by atoms with Crippen LogP contribution in [-0.4, -0.2) is 39.9 Å². The maximum Gasteiger partial charge on any atom is 0.308 e. The van der Waals surface area contributed by atoms with E-state index in [9.17, 15) is 19.4 Å². The van der Waals surface area contributed by atoms with Gasteiger partial charge in [0.2, 0.25) is 5.88 Å². The fourth-order valence-corrected chi connectivity index (χ4v) is 3.74. The molecule has 1 aromatic heterocycles. The highest BCUT2D eigenvalue weighted by molar-refractivity contribution is 5.77. The number of ether oxygens (including phenoxy) is 1. The van der Waals surface area contributed by atoms with E-state index in [4.69, 9.17) is 4.74 Å². The van der Waals surface area contributed by atoms with Crippen LogP contribution in [0.1, 0.15) is 42.3 Å². The number of hydrogen-bond donors (Lipinski definition) is 3. The van der Waals surface area contributed by atoms with Crippen molar-refractivity contribution in [2.24, 2.45) is 5.92 Å². The van der Waals surface area contributed by atoms with Gasteiger partial charge < -0.3 is 20.3 Å². The first-order valence-corrected chi connectivity index (χ1v) is 9.54. The van der Waals surface area contributed by atoms with Crippen LogP contribution in [0.15, 0.2) is 42.6 Å². The molecule has 1 heterocycles. The van der Waals surface area contributed by atoms with Crippen molar-refractivity contribution in [3.8, 4) is 5.88 Å². The minimum atomic E-state index is -0.911. The van der Waals surface area contributed by atoms with Crippen molar-refractivity contribution in [2.75, 3.05) is 6.61 Å². The van der Waals surface area contributed by atoms with Gasteiger partial charge in [-0.2, -0.15) is 0 Å². The van der Waals surface area contributed by atoms with E-state index < -0.39 is 17.9 Å². The summed E-state index contributed by atoms with van der Waals surface area (Å²) in [6.07, 6.45) is 5.16. The van der Waals surface area contributed by atoms with Crippen LogP contribution in [0.4, 0.5) is 4.39 Å². The number of aromatic nitrogens is 1. The number of aliphatic hydroxyl groups is 1. The molecule has 0 saturated heterocycles. The van der Waals surface area contributed by atoms with E-state index in [2.05, 4.69) is 10.3 Å². The largest absolute Gasteiger partial charge is 0.481 e. The van der Waals surface area contributed by atoms with Crippen LogP contribution in [0.2, 0.25) is 0 Å². The number of carbonyl (C=O) groups is 1. The third-order valence-electron chi connectivity index (χ3n) is 5.64. The Bertz CT molecular complexity index is 823. The highest BCUT2D eigenvalue weighted by atomic mass is 19.1. The molecule has 148 valence electrons.